The van der Waals surface area contributed by atoms with Crippen molar-refractivity contribution >= 4 is 11.5 Å². The Bertz CT molecular complexity index is 894. The molecule has 0 spiro atoms. The molecule has 0 aliphatic heterocycles. The summed E-state index contributed by atoms with van der Waals surface area (Å²) in [4.78, 5) is 0. The zero-order chi connectivity index (χ0) is 16.9. The molecule has 5 nitrogen and oxygen atoms in total. The lowest BCUT2D eigenvalue weighted by atomic mass is 9.88. The van der Waals surface area contributed by atoms with Crippen LogP contribution in [-0.2, 0) is 0 Å². The number of hydrogen-bond acceptors (Lipinski definition) is 4. The van der Waals surface area contributed by atoms with Gasteiger partial charge in [0.15, 0.2) is 5.65 Å². The van der Waals surface area contributed by atoms with Crippen LogP contribution in [0.4, 0.5) is 5.82 Å². The third-order valence-electron chi connectivity index (χ3n) is 4.30. The Kier molecular flexibility index (Phi) is 4.37. The molecule has 0 aliphatic carbocycles. The molecule has 5 heteroatoms. The standard InChI is InChI=1S/C20H19N5/c1-3-7-16(8-4-1)18(17-9-5-2-6-10-17)13-14-21-19-11-12-20-23-22-15-25(20)24-19/h1-12,15,18H,13-14H2,(H,21,24). The lowest BCUT2D eigenvalue weighted by molar-refractivity contribution is 0.740. The Morgan fingerprint density at radius 1 is 0.840 bits per heavy atom. The van der Waals surface area contributed by atoms with Gasteiger partial charge in [-0.1, -0.05) is 60.7 Å². The average Bonchev–Trinajstić information content (AvgIpc) is 3.14. The zero-order valence-corrected chi connectivity index (χ0v) is 13.8. The largest absolute Gasteiger partial charge is 0.369 e. The summed E-state index contributed by atoms with van der Waals surface area (Å²) >= 11 is 0. The highest BCUT2D eigenvalue weighted by molar-refractivity contribution is 5.43. The molecule has 0 unspecified atom stereocenters. The van der Waals surface area contributed by atoms with Gasteiger partial charge in [0.25, 0.3) is 0 Å². The van der Waals surface area contributed by atoms with Crippen LogP contribution in [0.5, 0.6) is 0 Å². The molecule has 25 heavy (non-hydrogen) atoms. The third-order valence-corrected chi connectivity index (χ3v) is 4.30. The normalized spacial score (nSPS) is 11.1. The van der Waals surface area contributed by atoms with Crippen molar-refractivity contribution in [2.45, 2.75) is 12.3 Å². The molecular formula is C20H19N5. The lowest BCUT2D eigenvalue weighted by Gasteiger charge is -2.18. The summed E-state index contributed by atoms with van der Waals surface area (Å²) < 4.78 is 1.67. The van der Waals surface area contributed by atoms with Gasteiger partial charge in [0.05, 0.1) is 0 Å². The predicted octanol–water partition coefficient (Wildman–Crippen LogP) is 3.76. The van der Waals surface area contributed by atoms with E-state index >= 15 is 0 Å². The second kappa shape index (κ2) is 7.13. The third kappa shape index (κ3) is 3.50. The SMILES string of the molecule is c1ccc(C(CCNc2ccc3nncn3n2)c2ccccc2)cc1. The van der Waals surface area contributed by atoms with Crippen molar-refractivity contribution in [3.8, 4) is 0 Å². The highest BCUT2D eigenvalue weighted by Crippen LogP contribution is 2.27. The fourth-order valence-electron chi connectivity index (χ4n) is 3.06. The maximum Gasteiger partial charge on any atom is 0.177 e. The average molecular weight is 329 g/mol. The maximum absolute atomic E-state index is 4.46. The second-order valence-corrected chi connectivity index (χ2v) is 5.94. The number of hydrogen-bond donors (Lipinski definition) is 1. The summed E-state index contributed by atoms with van der Waals surface area (Å²) in [5, 5.41) is 15.7. The lowest BCUT2D eigenvalue weighted by Crippen LogP contribution is -2.11. The van der Waals surface area contributed by atoms with Crippen LogP contribution in [0.1, 0.15) is 23.5 Å². The molecule has 0 fully saturated rings. The van der Waals surface area contributed by atoms with Crippen molar-refractivity contribution in [1.29, 1.82) is 0 Å². The Labute approximate surface area is 146 Å². The minimum atomic E-state index is 0.355. The van der Waals surface area contributed by atoms with E-state index in [9.17, 15) is 0 Å². The Balaban J connectivity index is 1.49. The number of nitrogens with zero attached hydrogens (tertiary/aromatic N) is 4. The molecular weight excluding hydrogens is 310 g/mol. The van der Waals surface area contributed by atoms with Crippen LogP contribution in [0.3, 0.4) is 0 Å². The second-order valence-electron chi connectivity index (χ2n) is 5.94. The Hall–Kier alpha value is -3.21. The van der Waals surface area contributed by atoms with E-state index in [4.69, 9.17) is 0 Å². The van der Waals surface area contributed by atoms with Crippen molar-refractivity contribution in [2.75, 3.05) is 11.9 Å². The summed E-state index contributed by atoms with van der Waals surface area (Å²) in [7, 11) is 0. The van der Waals surface area contributed by atoms with Crippen molar-refractivity contribution in [3.63, 3.8) is 0 Å². The Morgan fingerprint density at radius 2 is 1.52 bits per heavy atom. The van der Waals surface area contributed by atoms with Gasteiger partial charge in [-0.3, -0.25) is 0 Å². The van der Waals surface area contributed by atoms with Crippen LogP contribution < -0.4 is 5.32 Å². The van der Waals surface area contributed by atoms with Crippen molar-refractivity contribution < 1.29 is 0 Å². The molecule has 0 amide bonds. The van der Waals surface area contributed by atoms with Crippen LogP contribution >= 0.6 is 0 Å². The summed E-state index contributed by atoms with van der Waals surface area (Å²) in [6.45, 7) is 0.828. The van der Waals surface area contributed by atoms with Crippen LogP contribution in [0.2, 0.25) is 0 Å². The number of nitrogens with one attached hydrogen (secondary N) is 1. The molecule has 0 bridgehead atoms. The first-order valence-corrected chi connectivity index (χ1v) is 8.41. The number of anilines is 1. The maximum atomic E-state index is 4.46. The summed E-state index contributed by atoms with van der Waals surface area (Å²) in [5.74, 6) is 1.18. The smallest absolute Gasteiger partial charge is 0.177 e. The van der Waals surface area contributed by atoms with E-state index < -0.39 is 0 Å². The summed E-state index contributed by atoms with van der Waals surface area (Å²) in [6.07, 6.45) is 2.59. The summed E-state index contributed by atoms with van der Waals surface area (Å²) in [5.41, 5.74) is 3.41. The van der Waals surface area contributed by atoms with Gasteiger partial charge in [-0.25, -0.2) is 0 Å². The molecule has 0 atom stereocenters. The highest BCUT2D eigenvalue weighted by Gasteiger charge is 2.13. The van der Waals surface area contributed by atoms with Gasteiger partial charge in [-0.05, 0) is 29.7 Å². The molecule has 4 rings (SSSR count). The first-order chi connectivity index (χ1) is 12.4. The fraction of sp³-hybridized carbons (Fsp3) is 0.150. The van der Waals surface area contributed by atoms with Crippen LogP contribution in [0, 0.1) is 0 Å². The van der Waals surface area contributed by atoms with Gasteiger partial charge < -0.3 is 5.32 Å². The van der Waals surface area contributed by atoms with Crippen LogP contribution in [0.15, 0.2) is 79.1 Å². The van der Waals surface area contributed by atoms with E-state index in [1.54, 1.807) is 10.8 Å². The zero-order valence-electron chi connectivity index (χ0n) is 13.8. The molecule has 0 saturated heterocycles. The Morgan fingerprint density at radius 3 is 2.20 bits per heavy atom. The first kappa shape index (κ1) is 15.3. The van der Waals surface area contributed by atoms with Gasteiger partial charge >= 0.3 is 0 Å². The molecule has 0 saturated carbocycles. The summed E-state index contributed by atoms with van der Waals surface area (Å²) in [6, 6.07) is 25.1. The molecule has 4 aromatic rings. The van der Waals surface area contributed by atoms with Crippen LogP contribution in [0.25, 0.3) is 5.65 Å². The van der Waals surface area contributed by atoms with E-state index in [1.165, 1.54) is 11.1 Å². The molecule has 0 aliphatic rings. The fourth-order valence-corrected chi connectivity index (χ4v) is 3.06. The molecule has 0 radical (unpaired) electrons. The van der Waals surface area contributed by atoms with E-state index in [1.807, 2.05) is 12.1 Å². The van der Waals surface area contributed by atoms with E-state index in [-0.39, 0.29) is 0 Å². The van der Waals surface area contributed by atoms with E-state index in [0.717, 1.165) is 24.4 Å². The number of fused-ring (bicyclic) bond motifs is 1. The highest BCUT2D eigenvalue weighted by atomic mass is 15.4. The van der Waals surface area contributed by atoms with Crippen molar-refractivity contribution in [1.82, 2.24) is 19.8 Å². The minimum absolute atomic E-state index is 0.355. The quantitative estimate of drug-likeness (QED) is 0.585. The molecule has 1 N–H and O–H groups in total. The number of benzene rings is 2. The minimum Gasteiger partial charge on any atom is -0.369 e. The molecule has 2 aromatic carbocycles. The monoisotopic (exact) mass is 329 g/mol. The molecule has 124 valence electrons. The van der Waals surface area contributed by atoms with Gasteiger partial charge in [-0.15, -0.1) is 15.3 Å². The van der Waals surface area contributed by atoms with E-state index in [0.29, 0.717) is 5.92 Å². The molecule has 2 aromatic heterocycles. The predicted molar refractivity (Wildman–Crippen MR) is 98.6 cm³/mol. The van der Waals surface area contributed by atoms with Crippen LogP contribution in [-0.4, -0.2) is 26.4 Å². The van der Waals surface area contributed by atoms with Gasteiger partial charge in [0.1, 0.15) is 12.1 Å². The van der Waals surface area contributed by atoms with E-state index in [2.05, 4.69) is 81.3 Å². The molecule has 2 heterocycles. The van der Waals surface area contributed by atoms with Gasteiger partial charge in [0, 0.05) is 12.5 Å². The van der Waals surface area contributed by atoms with Crippen molar-refractivity contribution in [3.05, 3.63) is 90.3 Å². The first-order valence-electron chi connectivity index (χ1n) is 8.41. The topological polar surface area (TPSA) is 55.1 Å². The van der Waals surface area contributed by atoms with Gasteiger partial charge in [0.2, 0.25) is 0 Å². The number of aromatic nitrogens is 4. The van der Waals surface area contributed by atoms with Crippen molar-refractivity contribution in [2.24, 2.45) is 0 Å². The number of rotatable bonds is 6. The van der Waals surface area contributed by atoms with Gasteiger partial charge in [-0.2, -0.15) is 4.52 Å².